The molecule has 3 heterocycles. The van der Waals surface area contributed by atoms with E-state index in [0.717, 1.165) is 60.6 Å². The Kier molecular flexibility index (Phi) is 5.32. The second-order valence-electron chi connectivity index (χ2n) is 7.02. The lowest BCUT2D eigenvalue weighted by atomic mass is 10.2. The minimum atomic E-state index is 0.273. The molecule has 1 aliphatic heterocycles. The summed E-state index contributed by atoms with van der Waals surface area (Å²) in [6.45, 7) is 4.40. The number of amides is 1. The van der Waals surface area contributed by atoms with Crippen LogP contribution in [0.4, 0.5) is 17.5 Å². The molecule has 0 atom stereocenters. The van der Waals surface area contributed by atoms with E-state index in [2.05, 4.69) is 25.6 Å². The summed E-state index contributed by atoms with van der Waals surface area (Å²) in [4.78, 5) is 27.0. The van der Waals surface area contributed by atoms with Crippen molar-refractivity contribution < 1.29 is 4.79 Å². The summed E-state index contributed by atoms with van der Waals surface area (Å²) < 4.78 is 0. The highest BCUT2D eigenvalue weighted by molar-refractivity contribution is 5.82. The molecule has 28 heavy (non-hydrogen) atoms. The van der Waals surface area contributed by atoms with E-state index < -0.39 is 0 Å². The third kappa shape index (κ3) is 4.36. The molecule has 2 aromatic heterocycles. The van der Waals surface area contributed by atoms with Crippen LogP contribution < -0.4 is 10.6 Å². The summed E-state index contributed by atoms with van der Waals surface area (Å²) in [5.41, 5.74) is 2.76. The first-order valence-corrected chi connectivity index (χ1v) is 9.66. The summed E-state index contributed by atoms with van der Waals surface area (Å²) in [6, 6.07) is 11.9. The van der Waals surface area contributed by atoms with Gasteiger partial charge in [0.25, 0.3) is 0 Å². The van der Waals surface area contributed by atoms with E-state index in [9.17, 15) is 4.79 Å². The number of nitrogens with zero attached hydrogens (tertiary/aromatic N) is 4. The Bertz CT molecular complexity index is 990. The van der Waals surface area contributed by atoms with Gasteiger partial charge in [-0.25, -0.2) is 4.98 Å². The van der Waals surface area contributed by atoms with Gasteiger partial charge in [0.05, 0.1) is 5.52 Å². The first-order chi connectivity index (χ1) is 13.7. The highest BCUT2D eigenvalue weighted by atomic mass is 16.2. The predicted molar refractivity (Wildman–Crippen MR) is 111 cm³/mol. The highest BCUT2D eigenvalue weighted by Gasteiger charge is 2.18. The van der Waals surface area contributed by atoms with E-state index in [1.807, 2.05) is 48.2 Å². The molecule has 0 unspecified atom stereocenters. The number of fused-ring (bicyclic) bond motifs is 1. The molecule has 4 rings (SSSR count). The smallest absolute Gasteiger partial charge is 0.229 e. The standard InChI is InChI=1S/C21H24N6O/c1-15-13-19(23-10-4-12-27-11-3-6-20(27)28)26-21(24-15)25-17-7-8-18-16(14-17)5-2-9-22-18/h2,5,7-9,13-14H,3-4,6,10-12H2,1H3,(H2,23,24,25,26). The number of rotatable bonds is 7. The number of aromatic nitrogens is 3. The van der Waals surface area contributed by atoms with Gasteiger partial charge in [0.2, 0.25) is 11.9 Å². The fourth-order valence-electron chi connectivity index (χ4n) is 3.42. The van der Waals surface area contributed by atoms with E-state index in [4.69, 9.17) is 0 Å². The second-order valence-corrected chi connectivity index (χ2v) is 7.02. The predicted octanol–water partition coefficient (Wildman–Crippen LogP) is 3.50. The van der Waals surface area contributed by atoms with Crippen LogP contribution in [-0.2, 0) is 4.79 Å². The van der Waals surface area contributed by atoms with Crippen LogP contribution >= 0.6 is 0 Å². The Morgan fingerprint density at radius 3 is 2.96 bits per heavy atom. The number of anilines is 3. The third-order valence-corrected chi connectivity index (χ3v) is 4.80. The first kappa shape index (κ1) is 18.2. The number of nitrogens with one attached hydrogen (secondary N) is 2. The molecule has 0 aliphatic carbocycles. The summed E-state index contributed by atoms with van der Waals surface area (Å²) in [6.07, 6.45) is 4.36. The molecular formula is C21H24N6O. The summed E-state index contributed by atoms with van der Waals surface area (Å²) >= 11 is 0. The monoisotopic (exact) mass is 376 g/mol. The van der Waals surface area contributed by atoms with Crippen LogP contribution in [0.1, 0.15) is 25.0 Å². The average Bonchev–Trinajstić information content (AvgIpc) is 3.09. The van der Waals surface area contributed by atoms with Crippen LogP contribution in [0, 0.1) is 6.92 Å². The van der Waals surface area contributed by atoms with Crippen molar-refractivity contribution in [3.05, 3.63) is 48.3 Å². The van der Waals surface area contributed by atoms with Gasteiger partial charge >= 0.3 is 0 Å². The molecular weight excluding hydrogens is 352 g/mol. The molecule has 1 aliphatic rings. The zero-order chi connectivity index (χ0) is 19.3. The van der Waals surface area contributed by atoms with Gasteiger partial charge in [0.1, 0.15) is 5.82 Å². The molecule has 1 fully saturated rings. The molecule has 1 saturated heterocycles. The van der Waals surface area contributed by atoms with E-state index in [1.54, 1.807) is 6.20 Å². The molecule has 0 bridgehead atoms. The van der Waals surface area contributed by atoms with Crippen LogP contribution in [0.15, 0.2) is 42.6 Å². The van der Waals surface area contributed by atoms with Gasteiger partial charge in [0.15, 0.2) is 0 Å². The Balaban J connectivity index is 1.38. The molecule has 3 aromatic rings. The minimum Gasteiger partial charge on any atom is -0.370 e. The van der Waals surface area contributed by atoms with Crippen molar-refractivity contribution in [2.75, 3.05) is 30.3 Å². The van der Waals surface area contributed by atoms with Crippen molar-refractivity contribution in [3.63, 3.8) is 0 Å². The third-order valence-electron chi connectivity index (χ3n) is 4.80. The maximum atomic E-state index is 11.7. The largest absolute Gasteiger partial charge is 0.370 e. The van der Waals surface area contributed by atoms with Gasteiger partial charge in [0, 0.05) is 55.1 Å². The SMILES string of the molecule is Cc1cc(NCCCN2CCCC2=O)nc(Nc2ccc3ncccc3c2)n1. The van der Waals surface area contributed by atoms with Gasteiger partial charge in [-0.15, -0.1) is 0 Å². The number of pyridine rings is 1. The van der Waals surface area contributed by atoms with Crippen LogP contribution in [0.5, 0.6) is 0 Å². The van der Waals surface area contributed by atoms with Crippen LogP contribution in [0.2, 0.25) is 0 Å². The van der Waals surface area contributed by atoms with Crippen LogP contribution in [0.25, 0.3) is 10.9 Å². The number of likely N-dealkylation sites (tertiary alicyclic amines) is 1. The van der Waals surface area contributed by atoms with Crippen LogP contribution in [0.3, 0.4) is 0 Å². The zero-order valence-corrected chi connectivity index (χ0v) is 16.0. The number of aryl methyl sites for hydroxylation is 1. The van der Waals surface area contributed by atoms with Crippen molar-refractivity contribution >= 4 is 34.3 Å². The molecule has 0 saturated carbocycles. The van der Waals surface area contributed by atoms with E-state index in [1.165, 1.54) is 0 Å². The number of hydrogen-bond acceptors (Lipinski definition) is 6. The number of carbonyl (C=O) groups is 1. The van der Waals surface area contributed by atoms with E-state index >= 15 is 0 Å². The summed E-state index contributed by atoms with van der Waals surface area (Å²) in [5, 5.41) is 7.68. The van der Waals surface area contributed by atoms with Crippen molar-refractivity contribution in [1.82, 2.24) is 19.9 Å². The van der Waals surface area contributed by atoms with Crippen molar-refractivity contribution in [2.24, 2.45) is 0 Å². The Hall–Kier alpha value is -3.22. The van der Waals surface area contributed by atoms with Crippen LogP contribution in [-0.4, -0.2) is 45.4 Å². The minimum absolute atomic E-state index is 0.273. The van der Waals surface area contributed by atoms with Crippen molar-refractivity contribution in [1.29, 1.82) is 0 Å². The highest BCUT2D eigenvalue weighted by Crippen LogP contribution is 2.20. The lowest BCUT2D eigenvalue weighted by Crippen LogP contribution is -2.27. The molecule has 1 amide bonds. The number of hydrogen-bond donors (Lipinski definition) is 2. The number of benzene rings is 1. The van der Waals surface area contributed by atoms with Gasteiger partial charge in [-0.05, 0) is 44.0 Å². The number of carbonyl (C=O) groups excluding carboxylic acids is 1. The van der Waals surface area contributed by atoms with E-state index in [0.29, 0.717) is 12.4 Å². The van der Waals surface area contributed by atoms with Gasteiger partial charge in [-0.3, -0.25) is 9.78 Å². The Labute approximate surface area is 164 Å². The lowest BCUT2D eigenvalue weighted by molar-refractivity contribution is -0.127. The molecule has 0 spiro atoms. The Morgan fingerprint density at radius 1 is 1.18 bits per heavy atom. The van der Waals surface area contributed by atoms with Crippen molar-refractivity contribution in [3.8, 4) is 0 Å². The van der Waals surface area contributed by atoms with Gasteiger partial charge in [-0.1, -0.05) is 6.07 Å². The molecule has 0 radical (unpaired) electrons. The van der Waals surface area contributed by atoms with Crippen molar-refractivity contribution in [2.45, 2.75) is 26.2 Å². The molecule has 2 N–H and O–H groups in total. The van der Waals surface area contributed by atoms with Gasteiger partial charge in [-0.2, -0.15) is 4.98 Å². The van der Waals surface area contributed by atoms with E-state index in [-0.39, 0.29) is 5.91 Å². The summed E-state index contributed by atoms with van der Waals surface area (Å²) in [7, 11) is 0. The molecule has 144 valence electrons. The second kappa shape index (κ2) is 8.21. The topological polar surface area (TPSA) is 83.0 Å². The lowest BCUT2D eigenvalue weighted by Gasteiger charge is -2.15. The maximum absolute atomic E-state index is 11.7. The zero-order valence-electron chi connectivity index (χ0n) is 16.0. The fourth-order valence-corrected chi connectivity index (χ4v) is 3.42. The normalized spacial score (nSPS) is 13.9. The first-order valence-electron chi connectivity index (χ1n) is 9.66. The molecule has 7 heteroatoms. The molecule has 1 aromatic carbocycles. The molecule has 7 nitrogen and oxygen atoms in total. The average molecular weight is 376 g/mol. The maximum Gasteiger partial charge on any atom is 0.229 e. The summed E-state index contributed by atoms with van der Waals surface area (Å²) in [5.74, 6) is 1.61. The quantitative estimate of drug-likeness (QED) is 0.614. The van der Waals surface area contributed by atoms with Gasteiger partial charge < -0.3 is 15.5 Å². The fraction of sp³-hybridized carbons (Fsp3) is 0.333. The Morgan fingerprint density at radius 2 is 2.11 bits per heavy atom.